The summed E-state index contributed by atoms with van der Waals surface area (Å²) in [5.41, 5.74) is -0.599. The molecule has 1 N–H and O–H groups in total. The molecule has 0 aliphatic carbocycles. The number of piperidine rings is 1. The van der Waals surface area contributed by atoms with Gasteiger partial charge in [0.2, 0.25) is 10.0 Å². The topological polar surface area (TPSA) is 101 Å². The van der Waals surface area contributed by atoms with Crippen LogP contribution in [-0.2, 0) is 10.0 Å². The summed E-state index contributed by atoms with van der Waals surface area (Å²) in [6.45, 7) is 0.855. The highest BCUT2D eigenvalue weighted by Gasteiger charge is 2.28. The molecule has 19 heavy (non-hydrogen) atoms. The van der Waals surface area contributed by atoms with Gasteiger partial charge < -0.3 is 5.11 Å². The van der Waals surface area contributed by atoms with Crippen molar-refractivity contribution < 1.29 is 18.4 Å². The minimum Gasteiger partial charge on any atom is -0.502 e. The number of nitrogens with zero attached hydrogens (tertiary/aromatic N) is 2. The van der Waals surface area contributed by atoms with Crippen LogP contribution in [0.5, 0.6) is 5.75 Å². The standard InChI is InChI=1S/C11H14N2O5S/c14-11-5-4-9(8-10(11)13(15)16)19(17,18)12-6-2-1-3-7-12/h4-5,8,14H,1-3,6-7H2. The van der Waals surface area contributed by atoms with E-state index in [0.717, 1.165) is 31.4 Å². The number of benzene rings is 1. The van der Waals surface area contributed by atoms with Crippen molar-refractivity contribution in [2.24, 2.45) is 0 Å². The second-order valence-electron chi connectivity index (χ2n) is 4.37. The molecule has 1 aromatic rings. The number of phenolic OH excluding ortho intramolecular Hbond substituents is 1. The summed E-state index contributed by atoms with van der Waals surface area (Å²) < 4.78 is 25.9. The van der Waals surface area contributed by atoms with E-state index in [0.29, 0.717) is 13.1 Å². The van der Waals surface area contributed by atoms with E-state index >= 15 is 0 Å². The molecular formula is C11H14N2O5S. The molecule has 0 atom stereocenters. The van der Waals surface area contributed by atoms with E-state index in [9.17, 15) is 23.6 Å². The lowest BCUT2D eigenvalue weighted by Crippen LogP contribution is -2.35. The third kappa shape index (κ3) is 2.69. The van der Waals surface area contributed by atoms with E-state index in [1.165, 1.54) is 10.4 Å². The second-order valence-corrected chi connectivity index (χ2v) is 6.31. The Morgan fingerprint density at radius 1 is 1.21 bits per heavy atom. The van der Waals surface area contributed by atoms with Crippen molar-refractivity contribution in [2.75, 3.05) is 13.1 Å². The van der Waals surface area contributed by atoms with Gasteiger partial charge in [0.1, 0.15) is 0 Å². The maximum absolute atomic E-state index is 12.3. The zero-order valence-electron chi connectivity index (χ0n) is 10.2. The molecule has 0 amide bonds. The fourth-order valence-corrected chi connectivity index (χ4v) is 3.60. The summed E-state index contributed by atoms with van der Waals surface area (Å²) in [7, 11) is -3.72. The number of rotatable bonds is 3. The van der Waals surface area contributed by atoms with Crippen LogP contribution in [0.2, 0.25) is 0 Å². The van der Waals surface area contributed by atoms with Crippen molar-refractivity contribution in [1.82, 2.24) is 4.31 Å². The zero-order chi connectivity index (χ0) is 14.0. The average molecular weight is 286 g/mol. The lowest BCUT2D eigenvalue weighted by molar-refractivity contribution is -0.386. The number of aromatic hydroxyl groups is 1. The van der Waals surface area contributed by atoms with Crippen LogP contribution in [0.25, 0.3) is 0 Å². The number of phenols is 1. The molecule has 0 spiro atoms. The van der Waals surface area contributed by atoms with Crippen LogP contribution in [0, 0.1) is 10.1 Å². The molecule has 1 aliphatic heterocycles. The van der Waals surface area contributed by atoms with Crippen molar-refractivity contribution in [1.29, 1.82) is 0 Å². The lowest BCUT2D eigenvalue weighted by Gasteiger charge is -2.25. The van der Waals surface area contributed by atoms with Gasteiger partial charge in [0, 0.05) is 19.2 Å². The molecule has 1 saturated heterocycles. The van der Waals surface area contributed by atoms with Gasteiger partial charge >= 0.3 is 5.69 Å². The lowest BCUT2D eigenvalue weighted by atomic mass is 10.2. The number of sulfonamides is 1. The largest absolute Gasteiger partial charge is 0.502 e. The molecule has 2 rings (SSSR count). The van der Waals surface area contributed by atoms with E-state index in [1.807, 2.05) is 0 Å². The van der Waals surface area contributed by atoms with Gasteiger partial charge in [-0.2, -0.15) is 4.31 Å². The SMILES string of the molecule is O=[N+]([O-])c1cc(S(=O)(=O)N2CCCCC2)ccc1O. The molecule has 104 valence electrons. The molecule has 0 aromatic heterocycles. The Hall–Kier alpha value is -1.67. The Morgan fingerprint density at radius 3 is 2.42 bits per heavy atom. The average Bonchev–Trinajstić information content (AvgIpc) is 2.39. The maximum atomic E-state index is 12.3. The molecule has 1 aliphatic rings. The van der Waals surface area contributed by atoms with E-state index in [4.69, 9.17) is 0 Å². The van der Waals surface area contributed by atoms with Gasteiger partial charge in [-0.05, 0) is 25.0 Å². The predicted molar refractivity (Wildman–Crippen MR) is 67.4 cm³/mol. The van der Waals surface area contributed by atoms with Crippen molar-refractivity contribution in [3.8, 4) is 5.75 Å². The summed E-state index contributed by atoms with van der Waals surface area (Å²) in [6.07, 6.45) is 2.57. The zero-order valence-corrected chi connectivity index (χ0v) is 11.0. The number of nitro groups is 1. The van der Waals surface area contributed by atoms with Crippen LogP contribution in [0.4, 0.5) is 5.69 Å². The quantitative estimate of drug-likeness (QED) is 0.670. The van der Waals surface area contributed by atoms with E-state index in [2.05, 4.69) is 0 Å². The van der Waals surface area contributed by atoms with Crippen LogP contribution in [0.1, 0.15) is 19.3 Å². The Balaban J connectivity index is 2.40. The number of nitro benzene ring substituents is 1. The van der Waals surface area contributed by atoms with Gasteiger partial charge in [-0.25, -0.2) is 8.42 Å². The van der Waals surface area contributed by atoms with Gasteiger partial charge in [-0.15, -0.1) is 0 Å². The van der Waals surface area contributed by atoms with Crippen LogP contribution < -0.4 is 0 Å². The Morgan fingerprint density at radius 2 is 1.84 bits per heavy atom. The molecule has 0 saturated carbocycles. The van der Waals surface area contributed by atoms with Crippen LogP contribution >= 0.6 is 0 Å². The fourth-order valence-electron chi connectivity index (χ4n) is 2.06. The summed E-state index contributed by atoms with van der Waals surface area (Å²) in [5.74, 6) is -0.539. The monoisotopic (exact) mass is 286 g/mol. The van der Waals surface area contributed by atoms with Gasteiger partial charge in [0.05, 0.1) is 9.82 Å². The first-order chi connectivity index (χ1) is 8.93. The Bertz CT molecular complexity index is 593. The van der Waals surface area contributed by atoms with Gasteiger partial charge in [0.15, 0.2) is 5.75 Å². The van der Waals surface area contributed by atoms with Crippen LogP contribution in [-0.4, -0.2) is 35.8 Å². The second kappa shape index (κ2) is 5.14. The van der Waals surface area contributed by atoms with Crippen molar-refractivity contribution in [2.45, 2.75) is 24.2 Å². The minimum absolute atomic E-state index is 0.154. The van der Waals surface area contributed by atoms with E-state index in [1.54, 1.807) is 0 Å². The van der Waals surface area contributed by atoms with E-state index < -0.39 is 26.4 Å². The molecule has 1 fully saturated rings. The highest BCUT2D eigenvalue weighted by atomic mass is 32.2. The third-order valence-corrected chi connectivity index (χ3v) is 4.99. The Labute approximate surface area is 110 Å². The highest BCUT2D eigenvalue weighted by molar-refractivity contribution is 7.89. The minimum atomic E-state index is -3.72. The van der Waals surface area contributed by atoms with Gasteiger partial charge in [-0.3, -0.25) is 10.1 Å². The third-order valence-electron chi connectivity index (χ3n) is 3.10. The molecule has 8 heteroatoms. The van der Waals surface area contributed by atoms with Crippen molar-refractivity contribution in [3.63, 3.8) is 0 Å². The summed E-state index contributed by atoms with van der Waals surface area (Å²) in [6, 6.07) is 3.13. The van der Waals surface area contributed by atoms with E-state index in [-0.39, 0.29) is 4.90 Å². The van der Waals surface area contributed by atoms with Crippen molar-refractivity contribution in [3.05, 3.63) is 28.3 Å². The molecular weight excluding hydrogens is 272 g/mol. The summed E-state index contributed by atoms with van der Waals surface area (Å²) in [5, 5.41) is 20.0. The van der Waals surface area contributed by atoms with Gasteiger partial charge in [-0.1, -0.05) is 6.42 Å². The van der Waals surface area contributed by atoms with Gasteiger partial charge in [0.25, 0.3) is 0 Å². The summed E-state index contributed by atoms with van der Waals surface area (Å²) in [4.78, 5) is 9.76. The first-order valence-electron chi connectivity index (χ1n) is 5.90. The maximum Gasteiger partial charge on any atom is 0.312 e. The smallest absolute Gasteiger partial charge is 0.312 e. The number of hydrogen-bond donors (Lipinski definition) is 1. The van der Waals surface area contributed by atoms with Crippen molar-refractivity contribution >= 4 is 15.7 Å². The molecule has 1 heterocycles. The molecule has 0 unspecified atom stereocenters. The van der Waals surface area contributed by atoms with Crippen LogP contribution in [0.15, 0.2) is 23.1 Å². The first kappa shape index (κ1) is 13.8. The highest BCUT2D eigenvalue weighted by Crippen LogP contribution is 2.30. The molecule has 0 radical (unpaired) electrons. The normalized spacial score (nSPS) is 17.3. The molecule has 1 aromatic carbocycles. The number of hydrogen-bond acceptors (Lipinski definition) is 5. The predicted octanol–water partition coefficient (Wildman–Crippen LogP) is 1.48. The Kier molecular flexibility index (Phi) is 3.72. The first-order valence-corrected chi connectivity index (χ1v) is 7.34. The fraction of sp³-hybridized carbons (Fsp3) is 0.455. The molecule has 0 bridgehead atoms. The summed E-state index contributed by atoms with van der Waals surface area (Å²) >= 11 is 0. The molecule has 7 nitrogen and oxygen atoms in total. The van der Waals surface area contributed by atoms with Crippen LogP contribution in [0.3, 0.4) is 0 Å².